The lowest BCUT2D eigenvalue weighted by atomic mass is 10.1. The highest BCUT2D eigenvalue weighted by Crippen LogP contribution is 2.23. The van der Waals surface area contributed by atoms with E-state index in [2.05, 4.69) is 4.90 Å². The second-order valence-corrected chi connectivity index (χ2v) is 4.07. The first-order valence-electron chi connectivity index (χ1n) is 5.03. The van der Waals surface area contributed by atoms with Crippen molar-refractivity contribution in [1.29, 1.82) is 0 Å². The summed E-state index contributed by atoms with van der Waals surface area (Å²) in [6, 6.07) is 5.30. The van der Waals surface area contributed by atoms with Crippen LogP contribution in [-0.4, -0.2) is 22.5 Å². The zero-order valence-electron chi connectivity index (χ0n) is 8.69. The van der Waals surface area contributed by atoms with Crippen molar-refractivity contribution in [1.82, 2.24) is 4.90 Å². The molecule has 0 unspecified atom stereocenters. The molecule has 0 aromatic heterocycles. The number of benzene rings is 1. The van der Waals surface area contributed by atoms with E-state index < -0.39 is 5.97 Å². The van der Waals surface area contributed by atoms with Gasteiger partial charge >= 0.3 is 5.97 Å². The largest absolute Gasteiger partial charge is 0.478 e. The van der Waals surface area contributed by atoms with Crippen molar-refractivity contribution >= 4 is 17.6 Å². The number of rotatable bonds is 3. The lowest BCUT2D eigenvalue weighted by Gasteiger charge is -2.10. The van der Waals surface area contributed by atoms with Crippen molar-refractivity contribution in [2.75, 3.05) is 6.54 Å². The summed E-state index contributed by atoms with van der Waals surface area (Å²) in [4.78, 5) is 13.0. The fourth-order valence-electron chi connectivity index (χ4n) is 1.92. The van der Waals surface area contributed by atoms with Gasteiger partial charge < -0.3 is 5.11 Å². The molecular weight excluding hydrogens is 226 g/mol. The van der Waals surface area contributed by atoms with Gasteiger partial charge in [0.2, 0.25) is 0 Å². The van der Waals surface area contributed by atoms with Crippen molar-refractivity contribution in [2.45, 2.75) is 13.1 Å². The van der Waals surface area contributed by atoms with Crippen molar-refractivity contribution < 1.29 is 9.90 Å². The van der Waals surface area contributed by atoms with E-state index in [-0.39, 0.29) is 0 Å². The molecule has 1 aromatic rings. The molecular formula is C12H12ClNO2. The molecule has 4 heteroatoms. The van der Waals surface area contributed by atoms with E-state index >= 15 is 0 Å². The molecule has 1 heterocycles. The van der Waals surface area contributed by atoms with Crippen LogP contribution in [0.15, 0.2) is 29.8 Å². The highest BCUT2D eigenvalue weighted by molar-refractivity contribution is 6.25. The summed E-state index contributed by atoms with van der Waals surface area (Å²) < 4.78 is 0. The average Bonchev–Trinajstić information content (AvgIpc) is 2.67. The Labute approximate surface area is 98.9 Å². The highest BCUT2D eigenvalue weighted by atomic mass is 35.5. The molecule has 16 heavy (non-hydrogen) atoms. The van der Waals surface area contributed by atoms with Crippen LogP contribution in [0.3, 0.4) is 0 Å². The van der Waals surface area contributed by atoms with Crippen LogP contribution in [0.1, 0.15) is 21.5 Å². The third-order valence-electron chi connectivity index (χ3n) is 2.69. The number of nitrogens with zero attached hydrogens (tertiary/aromatic N) is 1. The van der Waals surface area contributed by atoms with Crippen LogP contribution in [0.25, 0.3) is 0 Å². The predicted molar refractivity (Wildman–Crippen MR) is 62.5 cm³/mol. The average molecular weight is 238 g/mol. The van der Waals surface area contributed by atoms with E-state index in [9.17, 15) is 4.79 Å². The molecule has 3 nitrogen and oxygen atoms in total. The molecule has 0 saturated heterocycles. The third kappa shape index (κ3) is 2.26. The van der Waals surface area contributed by atoms with Crippen molar-refractivity contribution in [3.8, 4) is 0 Å². The smallest absolute Gasteiger partial charge is 0.335 e. The molecule has 0 amide bonds. The molecule has 0 spiro atoms. The zero-order chi connectivity index (χ0) is 11.5. The van der Waals surface area contributed by atoms with Crippen LogP contribution < -0.4 is 0 Å². The maximum absolute atomic E-state index is 10.8. The topological polar surface area (TPSA) is 40.5 Å². The molecule has 0 bridgehead atoms. The van der Waals surface area contributed by atoms with Gasteiger partial charge in [0.25, 0.3) is 0 Å². The number of carboxylic acids is 1. The number of hydrogen-bond acceptors (Lipinski definition) is 2. The third-order valence-corrected chi connectivity index (χ3v) is 2.87. The van der Waals surface area contributed by atoms with E-state index in [0.29, 0.717) is 5.56 Å². The van der Waals surface area contributed by atoms with Crippen LogP contribution in [-0.2, 0) is 13.1 Å². The molecule has 1 aromatic carbocycles. The molecule has 0 aliphatic carbocycles. The van der Waals surface area contributed by atoms with Gasteiger partial charge in [-0.25, -0.2) is 4.79 Å². The molecule has 0 fully saturated rings. The maximum Gasteiger partial charge on any atom is 0.335 e. The Morgan fingerprint density at radius 1 is 1.44 bits per heavy atom. The summed E-state index contributed by atoms with van der Waals surface area (Å²) >= 11 is 5.47. The number of hydrogen-bond donors (Lipinski definition) is 1. The van der Waals surface area contributed by atoms with Crippen LogP contribution >= 0.6 is 11.6 Å². The number of carboxylic acid groups (broad SMARTS) is 1. The Kier molecular flexibility index (Phi) is 3.27. The minimum Gasteiger partial charge on any atom is -0.478 e. The van der Waals surface area contributed by atoms with Crippen molar-refractivity contribution in [2.24, 2.45) is 0 Å². The first-order valence-corrected chi connectivity index (χ1v) is 5.47. The van der Waals surface area contributed by atoms with Crippen LogP contribution in [0.2, 0.25) is 0 Å². The Bertz CT molecular complexity index is 443. The molecule has 2 rings (SSSR count). The number of halogens is 1. The van der Waals surface area contributed by atoms with Crippen molar-refractivity contribution in [3.63, 3.8) is 0 Å². The van der Waals surface area contributed by atoms with Crippen LogP contribution in [0.4, 0.5) is 0 Å². The van der Waals surface area contributed by atoms with E-state index in [0.717, 1.165) is 25.2 Å². The highest BCUT2D eigenvalue weighted by Gasteiger charge is 2.18. The van der Waals surface area contributed by atoms with E-state index in [1.807, 2.05) is 12.1 Å². The standard InChI is InChI=1S/C12H12ClNO2/c13-4-1-5-14-7-10-3-2-9(12(15)16)6-11(10)8-14/h1-4,6H,5,7-8H2,(H,15,16)/b4-1+. The summed E-state index contributed by atoms with van der Waals surface area (Å²) in [6.45, 7) is 2.44. The Hall–Kier alpha value is -1.32. The van der Waals surface area contributed by atoms with Gasteiger partial charge in [-0.05, 0) is 23.3 Å². The van der Waals surface area contributed by atoms with Gasteiger partial charge in [0.05, 0.1) is 5.56 Å². The van der Waals surface area contributed by atoms with Gasteiger partial charge in [-0.3, -0.25) is 4.90 Å². The molecule has 0 saturated carbocycles. The van der Waals surface area contributed by atoms with Gasteiger partial charge in [0.15, 0.2) is 0 Å². The molecule has 0 radical (unpaired) electrons. The lowest BCUT2D eigenvalue weighted by Crippen LogP contribution is -2.15. The molecule has 1 aliphatic rings. The SMILES string of the molecule is O=C(O)c1ccc2c(c1)CN(C/C=C/Cl)C2. The summed E-state index contributed by atoms with van der Waals surface area (Å²) in [7, 11) is 0. The van der Waals surface area contributed by atoms with Crippen LogP contribution in [0.5, 0.6) is 0 Å². The van der Waals surface area contributed by atoms with Crippen LogP contribution in [0, 0.1) is 0 Å². The molecule has 1 N–H and O–H groups in total. The van der Waals surface area contributed by atoms with Gasteiger partial charge in [0.1, 0.15) is 0 Å². The summed E-state index contributed by atoms with van der Waals surface area (Å²) in [5, 5.41) is 8.88. The van der Waals surface area contributed by atoms with Gasteiger partial charge in [-0.15, -0.1) is 0 Å². The molecule has 84 valence electrons. The predicted octanol–water partition coefficient (Wildman–Crippen LogP) is 2.45. The Morgan fingerprint density at radius 2 is 2.19 bits per heavy atom. The van der Waals surface area contributed by atoms with Gasteiger partial charge in [0, 0.05) is 25.2 Å². The number of carbonyl (C=O) groups is 1. The normalized spacial score (nSPS) is 15.6. The monoisotopic (exact) mass is 237 g/mol. The number of aromatic carboxylic acids is 1. The van der Waals surface area contributed by atoms with Crippen molar-refractivity contribution in [3.05, 3.63) is 46.5 Å². The molecule has 0 atom stereocenters. The first-order chi connectivity index (χ1) is 7.70. The Morgan fingerprint density at radius 3 is 2.88 bits per heavy atom. The van der Waals surface area contributed by atoms with E-state index in [1.165, 1.54) is 11.1 Å². The fourth-order valence-corrected chi connectivity index (χ4v) is 2.00. The van der Waals surface area contributed by atoms with E-state index in [1.54, 1.807) is 12.1 Å². The van der Waals surface area contributed by atoms with Gasteiger partial charge in [-0.1, -0.05) is 23.7 Å². The minimum absolute atomic E-state index is 0.355. The molecule has 1 aliphatic heterocycles. The maximum atomic E-state index is 10.8. The fraction of sp³-hybridized carbons (Fsp3) is 0.250. The Balaban J connectivity index is 2.15. The van der Waals surface area contributed by atoms with E-state index in [4.69, 9.17) is 16.7 Å². The second kappa shape index (κ2) is 4.68. The lowest BCUT2D eigenvalue weighted by molar-refractivity contribution is 0.0697. The minimum atomic E-state index is -0.873. The first kappa shape index (κ1) is 11.2. The second-order valence-electron chi connectivity index (χ2n) is 3.82. The zero-order valence-corrected chi connectivity index (χ0v) is 9.44. The number of fused-ring (bicyclic) bond motifs is 1. The van der Waals surface area contributed by atoms with Gasteiger partial charge in [-0.2, -0.15) is 0 Å². The summed E-state index contributed by atoms with van der Waals surface area (Å²) in [6.07, 6.45) is 1.88. The summed E-state index contributed by atoms with van der Waals surface area (Å²) in [5.74, 6) is -0.873. The summed E-state index contributed by atoms with van der Waals surface area (Å²) in [5.41, 5.74) is 4.16. The quantitative estimate of drug-likeness (QED) is 0.878.